The van der Waals surface area contributed by atoms with Crippen molar-refractivity contribution >= 4 is 5.78 Å². The van der Waals surface area contributed by atoms with Gasteiger partial charge >= 0.3 is 0 Å². The normalized spacial score (nSPS) is 13.8. The molecule has 1 rings (SSSR count). The van der Waals surface area contributed by atoms with Crippen LogP contribution in [-0.4, -0.2) is 28.0 Å². The highest BCUT2D eigenvalue weighted by atomic mass is 16.6. The average molecular weight is 333 g/mol. The van der Waals surface area contributed by atoms with Crippen LogP contribution in [0.2, 0.25) is 0 Å². The summed E-state index contributed by atoms with van der Waals surface area (Å²) in [5, 5.41) is 21.0. The summed E-state index contributed by atoms with van der Waals surface area (Å²) in [5.41, 5.74) is 0.337. The zero-order valence-corrected chi connectivity index (χ0v) is 14.3. The van der Waals surface area contributed by atoms with Crippen molar-refractivity contribution in [1.29, 1.82) is 0 Å². The summed E-state index contributed by atoms with van der Waals surface area (Å²) in [6.45, 7) is 2.15. The summed E-state index contributed by atoms with van der Waals surface area (Å²) in [7, 11) is 0. The molecule has 0 aliphatic carbocycles. The van der Waals surface area contributed by atoms with Gasteiger partial charge in [0.15, 0.2) is 0 Å². The molecule has 24 heavy (non-hydrogen) atoms. The first-order valence-corrected chi connectivity index (χ1v) is 8.63. The Morgan fingerprint density at radius 1 is 1.21 bits per heavy atom. The fourth-order valence-corrected chi connectivity index (χ4v) is 2.50. The van der Waals surface area contributed by atoms with Gasteiger partial charge in [0.2, 0.25) is 5.78 Å². The highest BCUT2D eigenvalue weighted by Gasteiger charge is 2.29. The molecule has 5 nitrogen and oxygen atoms in total. The summed E-state index contributed by atoms with van der Waals surface area (Å²) in [6, 6.07) is 6.97. The summed E-state index contributed by atoms with van der Waals surface area (Å²) in [5.74, 6) is -0.501. The highest BCUT2D eigenvalue weighted by molar-refractivity contribution is 5.99. The van der Waals surface area contributed by atoms with Gasteiger partial charge in [-0.3, -0.25) is 14.9 Å². The number of aliphatic hydroxyl groups excluding tert-OH is 1. The molecule has 0 fully saturated rings. The first-order valence-electron chi connectivity index (χ1n) is 8.63. The Balaban J connectivity index is 2.46. The van der Waals surface area contributed by atoms with E-state index in [1.165, 1.54) is 19.3 Å². The number of Topliss-reactive ketones (excluding diaryl/α,β-unsaturated/α-hetero) is 1. The fraction of sp³-hybridized carbons (Fsp3) is 0.526. The fourth-order valence-electron chi connectivity index (χ4n) is 2.50. The van der Waals surface area contributed by atoms with E-state index in [2.05, 4.69) is 6.92 Å². The molecule has 1 aromatic rings. The van der Waals surface area contributed by atoms with E-state index in [4.69, 9.17) is 0 Å². The monoisotopic (exact) mass is 333 g/mol. The van der Waals surface area contributed by atoms with Crippen LogP contribution < -0.4 is 0 Å². The molecule has 0 bridgehead atoms. The number of carbonyl (C=O) groups is 1. The molecule has 0 radical (unpaired) electrons. The van der Waals surface area contributed by atoms with Gasteiger partial charge in [0.05, 0.1) is 6.10 Å². The van der Waals surface area contributed by atoms with Crippen molar-refractivity contribution in [2.45, 2.75) is 64.0 Å². The molecular formula is C19H27NO4. The van der Waals surface area contributed by atoms with Crippen molar-refractivity contribution in [1.82, 2.24) is 0 Å². The number of aliphatic hydroxyl groups is 1. The van der Waals surface area contributed by atoms with Crippen LogP contribution in [0.3, 0.4) is 0 Å². The van der Waals surface area contributed by atoms with E-state index in [1.54, 1.807) is 42.5 Å². The minimum absolute atomic E-state index is 0.00633. The van der Waals surface area contributed by atoms with Crippen LogP contribution in [0.4, 0.5) is 0 Å². The van der Waals surface area contributed by atoms with Crippen molar-refractivity contribution in [3.05, 3.63) is 58.2 Å². The molecule has 0 spiro atoms. The first-order chi connectivity index (χ1) is 11.6. The summed E-state index contributed by atoms with van der Waals surface area (Å²) in [4.78, 5) is 22.8. The second-order valence-corrected chi connectivity index (χ2v) is 5.97. The zero-order chi connectivity index (χ0) is 17.8. The third kappa shape index (κ3) is 7.51. The molecule has 2 unspecified atom stereocenters. The Hall–Kier alpha value is -2.01. The van der Waals surface area contributed by atoms with E-state index in [1.807, 2.05) is 0 Å². The lowest BCUT2D eigenvalue weighted by molar-refractivity contribution is -0.504. The smallest absolute Gasteiger partial charge is 0.278 e. The second-order valence-electron chi connectivity index (χ2n) is 5.97. The maximum absolute atomic E-state index is 12.2. The third-order valence-electron chi connectivity index (χ3n) is 3.94. The Kier molecular flexibility index (Phi) is 9.61. The van der Waals surface area contributed by atoms with Crippen LogP contribution in [-0.2, 0) is 0 Å². The zero-order valence-electron chi connectivity index (χ0n) is 14.3. The van der Waals surface area contributed by atoms with Gasteiger partial charge in [0, 0.05) is 16.9 Å². The quantitative estimate of drug-likeness (QED) is 0.204. The molecule has 2 atom stereocenters. The van der Waals surface area contributed by atoms with Crippen LogP contribution in [0.15, 0.2) is 42.5 Å². The average Bonchev–Trinajstić information content (AvgIpc) is 2.58. The lowest BCUT2D eigenvalue weighted by Gasteiger charge is -2.08. The van der Waals surface area contributed by atoms with Crippen LogP contribution >= 0.6 is 0 Å². The molecule has 5 heteroatoms. The van der Waals surface area contributed by atoms with E-state index in [0.29, 0.717) is 12.0 Å². The van der Waals surface area contributed by atoms with Crippen molar-refractivity contribution < 1.29 is 14.8 Å². The third-order valence-corrected chi connectivity index (χ3v) is 3.94. The van der Waals surface area contributed by atoms with Gasteiger partial charge < -0.3 is 5.11 Å². The van der Waals surface area contributed by atoms with E-state index >= 15 is 0 Å². The topological polar surface area (TPSA) is 80.4 Å². The minimum atomic E-state index is -1.31. The summed E-state index contributed by atoms with van der Waals surface area (Å²) < 4.78 is 0. The number of hydrogen-bond acceptors (Lipinski definition) is 4. The predicted molar refractivity (Wildman–Crippen MR) is 94.7 cm³/mol. The van der Waals surface area contributed by atoms with E-state index in [0.717, 1.165) is 12.8 Å². The molecule has 1 N–H and O–H groups in total. The minimum Gasteiger partial charge on any atom is -0.389 e. The lowest BCUT2D eigenvalue weighted by atomic mass is 10.0. The van der Waals surface area contributed by atoms with E-state index in [-0.39, 0.29) is 6.42 Å². The second kappa shape index (κ2) is 11.5. The highest BCUT2D eigenvalue weighted by Crippen LogP contribution is 2.11. The number of nitrogens with zero attached hydrogens (tertiary/aromatic N) is 1. The maximum atomic E-state index is 12.2. The number of ketones is 1. The summed E-state index contributed by atoms with van der Waals surface area (Å²) in [6.07, 6.45) is 8.73. The molecule has 132 valence electrons. The van der Waals surface area contributed by atoms with Crippen molar-refractivity contribution in [3.8, 4) is 0 Å². The van der Waals surface area contributed by atoms with Crippen molar-refractivity contribution in [3.63, 3.8) is 0 Å². The number of rotatable bonds is 12. The van der Waals surface area contributed by atoms with E-state index < -0.39 is 22.9 Å². The van der Waals surface area contributed by atoms with Gasteiger partial charge in [-0.25, -0.2) is 0 Å². The SMILES string of the molecule is CCCCCCCC(O)/C=C/CC(C(=O)c1ccccc1)[N+](=O)[O-]. The Labute approximate surface area is 143 Å². The number of benzene rings is 1. The number of hydrogen-bond donors (Lipinski definition) is 1. The van der Waals surface area contributed by atoms with Gasteiger partial charge in [-0.05, 0) is 6.42 Å². The van der Waals surface area contributed by atoms with Gasteiger partial charge in [0.1, 0.15) is 0 Å². The standard InChI is InChI=1S/C19H27NO4/c1-2-3-4-5-9-13-17(21)14-10-15-18(20(23)24)19(22)16-11-7-6-8-12-16/h6-8,10-12,14,17-18,21H,2-5,9,13,15H2,1H3/b14-10+. The Morgan fingerprint density at radius 3 is 2.50 bits per heavy atom. The van der Waals surface area contributed by atoms with Gasteiger partial charge in [0.25, 0.3) is 6.04 Å². The first kappa shape index (κ1) is 20.0. The molecule has 0 aliphatic heterocycles. The number of carbonyl (C=O) groups excluding carboxylic acids is 1. The molecule has 0 aromatic heterocycles. The molecule has 0 aliphatic rings. The maximum Gasteiger partial charge on any atom is 0.278 e. The van der Waals surface area contributed by atoms with Gasteiger partial charge in [-0.15, -0.1) is 0 Å². The van der Waals surface area contributed by atoms with Crippen LogP contribution in [0.25, 0.3) is 0 Å². The Morgan fingerprint density at radius 2 is 1.88 bits per heavy atom. The largest absolute Gasteiger partial charge is 0.389 e. The van der Waals surface area contributed by atoms with E-state index in [9.17, 15) is 20.0 Å². The molecular weight excluding hydrogens is 306 g/mol. The Bertz CT molecular complexity index is 527. The van der Waals surface area contributed by atoms with Crippen LogP contribution in [0.5, 0.6) is 0 Å². The van der Waals surface area contributed by atoms with Crippen LogP contribution in [0.1, 0.15) is 62.2 Å². The summed E-state index contributed by atoms with van der Waals surface area (Å²) >= 11 is 0. The number of unbranched alkanes of at least 4 members (excludes halogenated alkanes) is 4. The van der Waals surface area contributed by atoms with Crippen molar-refractivity contribution in [2.24, 2.45) is 0 Å². The molecule has 0 saturated carbocycles. The molecule has 0 saturated heterocycles. The molecule has 0 heterocycles. The predicted octanol–water partition coefficient (Wildman–Crippen LogP) is 4.18. The molecule has 0 amide bonds. The number of nitro groups is 1. The van der Waals surface area contributed by atoms with Gasteiger partial charge in [-0.1, -0.05) is 81.5 Å². The van der Waals surface area contributed by atoms with Gasteiger partial charge in [-0.2, -0.15) is 0 Å². The van der Waals surface area contributed by atoms with Crippen molar-refractivity contribution in [2.75, 3.05) is 0 Å². The van der Waals surface area contributed by atoms with Crippen LogP contribution in [0, 0.1) is 10.1 Å². The molecule has 1 aromatic carbocycles. The lowest BCUT2D eigenvalue weighted by Crippen LogP contribution is -2.29.